The molecule has 3 heteroatoms. The van der Waals surface area contributed by atoms with Gasteiger partial charge in [-0.15, -0.1) is 0 Å². The Balaban J connectivity index is 0.000000980. The number of nitrogens with zero attached hydrogens (tertiary/aromatic N) is 1. The van der Waals surface area contributed by atoms with E-state index in [1.165, 1.54) is 11.1 Å². The van der Waals surface area contributed by atoms with Crippen LogP contribution < -0.4 is 10.9 Å². The largest absolute Gasteiger partial charge is 0.492 e. The molecule has 0 aliphatic heterocycles. The van der Waals surface area contributed by atoms with Crippen LogP contribution in [0.25, 0.3) is 0 Å². The van der Waals surface area contributed by atoms with Crippen molar-refractivity contribution in [2.75, 3.05) is 27.2 Å². The van der Waals surface area contributed by atoms with Crippen LogP contribution in [-0.4, -0.2) is 32.1 Å². The molecule has 0 unspecified atom stereocenters. The fourth-order valence-corrected chi connectivity index (χ4v) is 1.45. The highest BCUT2D eigenvalue weighted by atomic mass is 16.5. The molecule has 2 bridgehead atoms. The lowest BCUT2D eigenvalue weighted by atomic mass is 9.92. The second-order valence-corrected chi connectivity index (χ2v) is 3.77. The van der Waals surface area contributed by atoms with E-state index in [4.69, 9.17) is 4.74 Å². The molecule has 0 spiro atoms. The molecule has 1 aromatic carbocycles. The molecule has 0 aromatic heterocycles. The number of hydrogen-bond acceptors (Lipinski definition) is 3. The third kappa shape index (κ3) is 2.25. The Morgan fingerprint density at radius 2 is 2.07 bits per heavy atom. The van der Waals surface area contributed by atoms with E-state index in [1.807, 2.05) is 0 Å². The van der Waals surface area contributed by atoms with E-state index in [0.717, 1.165) is 25.3 Å². The number of rotatable bonds is 4. The van der Waals surface area contributed by atoms with Gasteiger partial charge in [0.2, 0.25) is 0 Å². The lowest BCUT2D eigenvalue weighted by molar-refractivity contribution is 0.259. The van der Waals surface area contributed by atoms with Gasteiger partial charge in [-0.3, -0.25) is 0 Å². The molecule has 0 radical (unpaired) electrons. The first-order chi connectivity index (χ1) is 6.25. The summed E-state index contributed by atoms with van der Waals surface area (Å²) in [6, 6.07) is 6.41. The first-order valence-electron chi connectivity index (χ1n) is 4.65. The summed E-state index contributed by atoms with van der Waals surface area (Å²) in [5.74, 6) is 1.07. The van der Waals surface area contributed by atoms with Crippen molar-refractivity contribution in [3.8, 4) is 5.75 Å². The second-order valence-electron chi connectivity index (χ2n) is 3.77. The third-order valence-electron chi connectivity index (χ3n) is 2.32. The summed E-state index contributed by atoms with van der Waals surface area (Å²) >= 11 is 0. The molecule has 3 nitrogen and oxygen atoms in total. The molecule has 0 amide bonds. The number of likely N-dealkylation sites (N-methyl/N-ethyl adjacent to an activating group) is 1. The first kappa shape index (κ1) is 11.0. The van der Waals surface area contributed by atoms with Gasteiger partial charge in [0.05, 0.1) is 0 Å². The van der Waals surface area contributed by atoms with Gasteiger partial charge < -0.3 is 15.8 Å². The highest BCUT2D eigenvalue weighted by molar-refractivity contribution is 5.47. The maximum absolute atomic E-state index is 5.65. The minimum atomic E-state index is 0. The van der Waals surface area contributed by atoms with Gasteiger partial charge in [0, 0.05) is 13.0 Å². The predicted octanol–water partition coefficient (Wildman–Crippen LogP) is 1.69. The van der Waals surface area contributed by atoms with E-state index in [0.29, 0.717) is 0 Å². The van der Waals surface area contributed by atoms with Crippen molar-refractivity contribution in [1.82, 2.24) is 11.1 Å². The quantitative estimate of drug-likeness (QED) is 0.805. The van der Waals surface area contributed by atoms with Gasteiger partial charge >= 0.3 is 0 Å². The molecular weight excluding hydrogens is 176 g/mol. The molecular formula is C11H18N2O. The summed E-state index contributed by atoms with van der Waals surface area (Å²) < 4.78 is 5.65. The summed E-state index contributed by atoms with van der Waals surface area (Å²) in [6.45, 7) is 1.75. The summed E-state index contributed by atoms with van der Waals surface area (Å²) in [5.41, 5.74) is 2.78. The van der Waals surface area contributed by atoms with E-state index in [-0.39, 0.29) is 6.15 Å². The van der Waals surface area contributed by atoms with Crippen LogP contribution in [0.4, 0.5) is 0 Å². The average Bonchev–Trinajstić information content (AvgIpc) is 2.02. The first-order valence-corrected chi connectivity index (χ1v) is 4.65. The molecule has 3 N–H and O–H groups in total. The van der Waals surface area contributed by atoms with E-state index in [1.54, 1.807) is 0 Å². The zero-order valence-electron chi connectivity index (χ0n) is 8.92. The van der Waals surface area contributed by atoms with Crippen LogP contribution >= 0.6 is 0 Å². The van der Waals surface area contributed by atoms with Crippen molar-refractivity contribution in [1.29, 1.82) is 0 Å². The minimum absolute atomic E-state index is 0. The molecule has 0 heterocycles. The van der Waals surface area contributed by atoms with Crippen molar-refractivity contribution in [2.24, 2.45) is 0 Å². The van der Waals surface area contributed by atoms with Crippen LogP contribution in [0.2, 0.25) is 0 Å². The van der Waals surface area contributed by atoms with Crippen molar-refractivity contribution in [2.45, 2.75) is 6.42 Å². The van der Waals surface area contributed by atoms with E-state index in [2.05, 4.69) is 37.2 Å². The van der Waals surface area contributed by atoms with Crippen LogP contribution in [0.5, 0.6) is 5.75 Å². The highest BCUT2D eigenvalue weighted by Crippen LogP contribution is 2.30. The van der Waals surface area contributed by atoms with Gasteiger partial charge in [0.1, 0.15) is 12.4 Å². The van der Waals surface area contributed by atoms with E-state index >= 15 is 0 Å². The fourth-order valence-electron chi connectivity index (χ4n) is 1.45. The Kier molecular flexibility index (Phi) is 3.49. The maximum Gasteiger partial charge on any atom is 0.122 e. The molecule has 2 aliphatic rings. The summed E-state index contributed by atoms with van der Waals surface area (Å²) in [5, 5.41) is 0. The van der Waals surface area contributed by atoms with Crippen molar-refractivity contribution in [3.05, 3.63) is 29.3 Å². The monoisotopic (exact) mass is 194 g/mol. The highest BCUT2D eigenvalue weighted by Gasteiger charge is 2.13. The van der Waals surface area contributed by atoms with Crippen LogP contribution in [0, 0.1) is 0 Å². The Bertz CT molecular complexity index is 306. The van der Waals surface area contributed by atoms with Crippen LogP contribution in [0.3, 0.4) is 0 Å². The fraction of sp³-hybridized carbons (Fsp3) is 0.455. The molecule has 0 fully saturated rings. The SMILES string of the molecule is CN(C)CCOc1ccc2cc1C2.N. The zero-order valence-corrected chi connectivity index (χ0v) is 8.92. The Morgan fingerprint density at radius 1 is 1.36 bits per heavy atom. The van der Waals surface area contributed by atoms with Crippen LogP contribution in [-0.2, 0) is 6.42 Å². The lowest BCUT2D eigenvalue weighted by Crippen LogP contribution is -2.20. The van der Waals surface area contributed by atoms with Gasteiger partial charge in [-0.05, 0) is 31.3 Å². The molecule has 1 aromatic rings. The summed E-state index contributed by atoms with van der Waals surface area (Å²) in [6.07, 6.45) is 1.10. The minimum Gasteiger partial charge on any atom is -0.492 e. The Hall–Kier alpha value is -1.06. The summed E-state index contributed by atoms with van der Waals surface area (Å²) in [4.78, 5) is 2.12. The zero-order chi connectivity index (χ0) is 9.26. The van der Waals surface area contributed by atoms with Crippen LogP contribution in [0.15, 0.2) is 18.2 Å². The average molecular weight is 194 g/mol. The molecule has 0 saturated carbocycles. The number of ether oxygens (including phenoxy) is 1. The van der Waals surface area contributed by atoms with E-state index < -0.39 is 0 Å². The normalized spacial score (nSPS) is 11.9. The molecule has 2 aliphatic carbocycles. The van der Waals surface area contributed by atoms with Crippen molar-refractivity contribution < 1.29 is 4.74 Å². The van der Waals surface area contributed by atoms with Gasteiger partial charge in [0.25, 0.3) is 0 Å². The molecule has 0 saturated heterocycles. The maximum atomic E-state index is 5.65. The van der Waals surface area contributed by atoms with Crippen molar-refractivity contribution >= 4 is 0 Å². The van der Waals surface area contributed by atoms with Gasteiger partial charge in [-0.25, -0.2) is 0 Å². The lowest BCUT2D eigenvalue weighted by Gasteiger charge is -2.20. The number of fused-ring (bicyclic) bond motifs is 2. The molecule has 0 atom stereocenters. The smallest absolute Gasteiger partial charge is 0.122 e. The van der Waals surface area contributed by atoms with Gasteiger partial charge in [-0.1, -0.05) is 12.1 Å². The molecule has 3 rings (SSSR count). The van der Waals surface area contributed by atoms with Gasteiger partial charge in [0.15, 0.2) is 0 Å². The number of benzene rings is 1. The molecule has 78 valence electrons. The predicted molar refractivity (Wildman–Crippen MR) is 58.3 cm³/mol. The topological polar surface area (TPSA) is 47.5 Å². The van der Waals surface area contributed by atoms with Gasteiger partial charge in [-0.2, -0.15) is 0 Å². The molecule has 14 heavy (non-hydrogen) atoms. The van der Waals surface area contributed by atoms with Crippen LogP contribution in [0.1, 0.15) is 11.1 Å². The second kappa shape index (κ2) is 4.44. The van der Waals surface area contributed by atoms with E-state index in [9.17, 15) is 0 Å². The van der Waals surface area contributed by atoms with Crippen molar-refractivity contribution in [3.63, 3.8) is 0 Å². The Morgan fingerprint density at radius 3 is 2.57 bits per heavy atom. The number of hydrogen-bond donors (Lipinski definition) is 1. The third-order valence-corrected chi connectivity index (χ3v) is 2.32. The Labute approximate surface area is 85.3 Å². The summed E-state index contributed by atoms with van der Waals surface area (Å²) in [7, 11) is 4.11. The standard InChI is InChI=1S/C11H15NO.H3N/c1-12(2)5-6-13-11-4-3-9-7-10(11)8-9;/h3-4,7H,5-6,8H2,1-2H3;1H3.